The number of methoxy groups -OCH3 is 1. The molecule has 0 saturated heterocycles. The molecule has 0 aliphatic rings. The molecule has 0 aromatic heterocycles. The van der Waals surface area contributed by atoms with Crippen molar-refractivity contribution in [3.63, 3.8) is 0 Å². The average Bonchev–Trinajstić information content (AvgIpc) is 3.19. The normalized spacial score (nSPS) is 13.5. The van der Waals surface area contributed by atoms with Crippen LogP contribution < -0.4 is 15.8 Å². The van der Waals surface area contributed by atoms with E-state index in [9.17, 15) is 72.6 Å². The van der Waals surface area contributed by atoms with Gasteiger partial charge in [-0.2, -0.15) is 42.1 Å². The van der Waals surface area contributed by atoms with Crippen LogP contribution in [0.3, 0.4) is 0 Å². The summed E-state index contributed by atoms with van der Waals surface area (Å²) in [5.74, 6) is -2.28. The molecule has 30 nitrogen and oxygen atoms in total. The molecule has 4 rings (SSSR count). The van der Waals surface area contributed by atoms with Crippen molar-refractivity contribution in [2.75, 3.05) is 49.9 Å². The Morgan fingerprint density at radius 2 is 0.881 bits per heavy atom. The van der Waals surface area contributed by atoms with Crippen molar-refractivity contribution in [3.8, 4) is 5.75 Å². The molecule has 0 amide bonds. The fraction of sp³-hybridized carbons (Fsp3) is 0.200. The maximum absolute atomic E-state index is 12.8. The molecular formula is C30H32N8O22S7. The summed E-state index contributed by atoms with van der Waals surface area (Å²) in [5.41, 5.74) is 1.90. The van der Waals surface area contributed by atoms with Crippen molar-refractivity contribution >= 4 is 116 Å². The number of nitrogen functional groups attached to an aromatic ring is 1. The van der Waals surface area contributed by atoms with Crippen molar-refractivity contribution in [2.24, 2.45) is 30.7 Å². The fourth-order valence-electron chi connectivity index (χ4n) is 5.09. The third-order valence-electron chi connectivity index (χ3n) is 8.09. The maximum atomic E-state index is 12.8. The van der Waals surface area contributed by atoms with Crippen molar-refractivity contribution < 1.29 is 94.8 Å². The van der Waals surface area contributed by atoms with E-state index in [0.29, 0.717) is 12.1 Å². The Morgan fingerprint density at radius 3 is 1.27 bits per heavy atom. The first-order valence-corrected chi connectivity index (χ1v) is 27.5. The van der Waals surface area contributed by atoms with Crippen LogP contribution in [-0.2, 0) is 79.2 Å². The molecule has 0 unspecified atom stereocenters. The van der Waals surface area contributed by atoms with Gasteiger partial charge in [0.25, 0.3) is 30.4 Å². The quantitative estimate of drug-likeness (QED) is 0.0356. The molecule has 0 atom stereocenters. The number of rotatable bonds is 21. The molecule has 0 radical (unpaired) electrons. The van der Waals surface area contributed by atoms with E-state index in [1.54, 1.807) is 0 Å². The van der Waals surface area contributed by atoms with Crippen LogP contribution in [0.5, 0.6) is 5.75 Å². The summed E-state index contributed by atoms with van der Waals surface area (Å²) in [5, 5.41) is 25.7. The highest BCUT2D eigenvalue weighted by molar-refractivity contribution is 7.92. The number of sulfone groups is 2. The second-order valence-electron chi connectivity index (χ2n) is 12.6. The van der Waals surface area contributed by atoms with E-state index < -0.39 is 160 Å². The predicted octanol–water partition coefficient (Wildman–Crippen LogP) is 3.49. The molecule has 0 fully saturated rings. The summed E-state index contributed by atoms with van der Waals surface area (Å²) >= 11 is 0. The molecule has 0 saturated carbocycles. The third kappa shape index (κ3) is 14.7. The lowest BCUT2D eigenvalue weighted by molar-refractivity contribution is 0.282. The van der Waals surface area contributed by atoms with E-state index in [1.807, 2.05) is 0 Å². The lowest BCUT2D eigenvalue weighted by atomic mass is 10.1. The fourth-order valence-corrected chi connectivity index (χ4v) is 10.2. The number of ether oxygens (including phenoxy) is 1. The number of nitrogens with zero attached hydrogens (tertiary/aromatic N) is 6. The highest BCUT2D eigenvalue weighted by Crippen LogP contribution is 2.48. The van der Waals surface area contributed by atoms with Crippen molar-refractivity contribution in [1.82, 2.24) is 0 Å². The molecule has 0 bridgehead atoms. The van der Waals surface area contributed by atoms with Gasteiger partial charge in [-0.1, -0.05) is 0 Å². The Hall–Kier alpha value is -5.55. The van der Waals surface area contributed by atoms with E-state index >= 15 is 0 Å². The Morgan fingerprint density at radius 1 is 0.507 bits per heavy atom. The zero-order chi connectivity index (χ0) is 50.6. The smallest absolute Gasteiger partial charge is 0.397 e. The van der Waals surface area contributed by atoms with E-state index in [2.05, 4.69) is 44.4 Å². The minimum atomic E-state index is -5.37. The number of nitrogens with one attached hydrogen (secondary N) is 1. The first-order chi connectivity index (χ1) is 30.7. The molecular weight excluding hydrogens is 1050 g/mol. The molecule has 4 aromatic carbocycles. The lowest BCUT2D eigenvalue weighted by Gasteiger charge is -2.13. The van der Waals surface area contributed by atoms with E-state index in [0.717, 1.165) is 42.5 Å². The van der Waals surface area contributed by atoms with Gasteiger partial charge in [-0.05, 0) is 54.6 Å². The standard InChI is InChI=1S/C30H32N8O22S7/c1-32-29-24(37-34-21-7-4-18(14-26(21)64(46,47)48)61(39,40)11-9-59-66(52,53)54)16-23(36-33-20-6-3-17(58-2)13-25(20)63(43,44)45)28(31)30(29)38-35-22-8-5-19(15-27(22)65(49,50)51)62(41,42)12-10-60-67(55,56)57/h3-8,13-16,32H,9-12,31H2,1-2H3,(H,43,44,45)(H,46,47,48)(H,49,50,51)(H,52,53,54)(H,55,56,57). The monoisotopic (exact) mass is 1080 g/mol. The Kier molecular flexibility index (Phi) is 16.4. The third-order valence-corrected chi connectivity index (χ3v) is 15.0. The number of hydrogen-bond donors (Lipinski definition) is 7. The molecule has 4 aromatic rings. The van der Waals surface area contributed by atoms with Gasteiger partial charge < -0.3 is 15.8 Å². The number of anilines is 2. The summed E-state index contributed by atoms with van der Waals surface area (Å²) in [7, 11) is -32.6. The summed E-state index contributed by atoms with van der Waals surface area (Å²) < 4.78 is 229. The van der Waals surface area contributed by atoms with Crippen LogP contribution in [0.2, 0.25) is 0 Å². The van der Waals surface area contributed by atoms with Gasteiger partial charge in [0.1, 0.15) is 54.6 Å². The van der Waals surface area contributed by atoms with E-state index in [-0.39, 0.29) is 11.4 Å². The minimum Gasteiger partial charge on any atom is -0.497 e. The largest absolute Gasteiger partial charge is 0.497 e. The maximum Gasteiger partial charge on any atom is 0.397 e. The first-order valence-electron chi connectivity index (χ1n) is 17.1. The average molecular weight is 1080 g/mol. The lowest BCUT2D eigenvalue weighted by Crippen LogP contribution is -2.16. The number of benzene rings is 4. The van der Waals surface area contributed by atoms with Gasteiger partial charge in [0.05, 0.1) is 53.0 Å². The molecule has 0 aliphatic heterocycles. The van der Waals surface area contributed by atoms with Crippen LogP contribution in [0.25, 0.3) is 0 Å². The highest BCUT2D eigenvalue weighted by Gasteiger charge is 2.26. The van der Waals surface area contributed by atoms with Crippen LogP contribution in [-0.4, -0.2) is 121 Å². The van der Waals surface area contributed by atoms with Crippen molar-refractivity contribution in [3.05, 3.63) is 60.7 Å². The molecule has 0 spiro atoms. The van der Waals surface area contributed by atoms with Crippen LogP contribution in [0.1, 0.15) is 0 Å². The van der Waals surface area contributed by atoms with Crippen LogP contribution in [0.4, 0.5) is 45.5 Å². The Bertz CT molecular complexity index is 3510. The van der Waals surface area contributed by atoms with Gasteiger partial charge in [0, 0.05) is 13.1 Å². The molecule has 37 heteroatoms. The van der Waals surface area contributed by atoms with Crippen molar-refractivity contribution in [2.45, 2.75) is 24.5 Å². The second kappa shape index (κ2) is 20.4. The molecule has 0 aliphatic carbocycles. The zero-order valence-electron chi connectivity index (χ0n) is 33.4. The van der Waals surface area contributed by atoms with Gasteiger partial charge in [-0.3, -0.25) is 22.8 Å². The number of azo groups is 3. The Balaban J connectivity index is 1.96. The summed E-state index contributed by atoms with van der Waals surface area (Å²) in [6, 6.07) is 7.95. The SMILES string of the molecule is CNc1c(N=Nc2ccc(S(=O)(=O)CCOS(=O)(=O)O)cc2S(=O)(=O)O)cc(N=Nc2ccc(OC)cc2S(=O)(=O)O)c(N)c1N=Nc1ccc(S(=O)(=O)CCOS(=O)(=O)O)cc1S(=O)(=O)O. The highest BCUT2D eigenvalue weighted by atomic mass is 32.3. The number of nitrogens with two attached hydrogens (primary N) is 1. The van der Waals surface area contributed by atoms with Gasteiger partial charge >= 0.3 is 20.8 Å². The van der Waals surface area contributed by atoms with Crippen LogP contribution in [0.15, 0.2) is 116 Å². The van der Waals surface area contributed by atoms with Gasteiger partial charge in [-0.25, -0.2) is 25.2 Å². The van der Waals surface area contributed by atoms with E-state index in [4.69, 9.17) is 19.6 Å². The summed E-state index contributed by atoms with van der Waals surface area (Å²) in [6.45, 7) is -2.22. The molecule has 366 valence electrons. The molecule has 0 heterocycles. The first kappa shape index (κ1) is 54.1. The molecule has 8 N–H and O–H groups in total. The molecule has 67 heavy (non-hydrogen) atoms. The topological polar surface area (TPSA) is 480 Å². The summed E-state index contributed by atoms with van der Waals surface area (Å²) in [4.78, 5) is -4.82. The summed E-state index contributed by atoms with van der Waals surface area (Å²) in [6.07, 6.45) is 0. The van der Waals surface area contributed by atoms with Crippen molar-refractivity contribution in [1.29, 1.82) is 0 Å². The second-order valence-corrected chi connectivity index (χ2v) is 23.1. The van der Waals surface area contributed by atoms with Crippen LogP contribution >= 0.6 is 0 Å². The van der Waals surface area contributed by atoms with Gasteiger partial charge in [0.2, 0.25) is 0 Å². The predicted molar refractivity (Wildman–Crippen MR) is 227 cm³/mol. The van der Waals surface area contributed by atoms with E-state index in [1.165, 1.54) is 20.2 Å². The minimum absolute atomic E-state index is 0.0445. The number of hydrogen-bond acceptors (Lipinski definition) is 25. The van der Waals surface area contributed by atoms with Crippen LogP contribution in [0, 0.1) is 0 Å². The zero-order valence-corrected chi connectivity index (χ0v) is 39.1. The Labute approximate surface area is 380 Å². The van der Waals surface area contributed by atoms with Gasteiger partial charge in [-0.15, -0.1) is 30.7 Å². The van der Waals surface area contributed by atoms with Gasteiger partial charge in [0.15, 0.2) is 19.7 Å².